The summed E-state index contributed by atoms with van der Waals surface area (Å²) in [6, 6.07) is 23.3. The number of benzene rings is 4. The first-order chi connectivity index (χ1) is 21.2. The molecule has 5 rings (SSSR count). The Balaban J connectivity index is 1.67. The molecule has 0 unspecified atom stereocenters. The molecule has 0 atom stereocenters. The summed E-state index contributed by atoms with van der Waals surface area (Å²) in [6.07, 6.45) is 1.62. The molecule has 0 N–H and O–H groups in total. The summed E-state index contributed by atoms with van der Waals surface area (Å²) in [6.45, 7) is 11.2. The lowest BCUT2D eigenvalue weighted by Crippen LogP contribution is -2.21. The zero-order valence-electron chi connectivity index (χ0n) is 25.8. The van der Waals surface area contributed by atoms with Crippen LogP contribution in [0.2, 0.25) is 0 Å². The number of aromatic nitrogens is 2. The molecule has 4 aromatic carbocycles. The number of para-hydroxylation sites is 1. The summed E-state index contributed by atoms with van der Waals surface area (Å²) < 4.78 is 20.1. The maximum Gasteiger partial charge on any atom is 0.282 e. The van der Waals surface area contributed by atoms with E-state index in [9.17, 15) is 4.79 Å². The Hall–Kier alpha value is -4.43. The summed E-state index contributed by atoms with van der Waals surface area (Å²) in [5.74, 6) is 2.53. The molecule has 5 aromatic rings. The molecule has 1 aromatic heterocycles. The van der Waals surface area contributed by atoms with Crippen molar-refractivity contribution in [3.8, 4) is 28.6 Å². The molecule has 8 heteroatoms. The van der Waals surface area contributed by atoms with Gasteiger partial charge in [-0.15, -0.1) is 0 Å². The second-order valence-electron chi connectivity index (χ2n) is 10.9. The Bertz CT molecular complexity index is 1900. The molecular weight excluding hydrogens is 618 g/mol. The van der Waals surface area contributed by atoms with Crippen molar-refractivity contribution < 1.29 is 14.2 Å². The highest BCUT2D eigenvalue weighted by atomic mass is 79.9. The number of fused-ring (bicyclic) bond motifs is 1. The first-order valence-electron chi connectivity index (χ1n) is 14.6. The van der Waals surface area contributed by atoms with Gasteiger partial charge in [-0.1, -0.05) is 71.7 Å². The van der Waals surface area contributed by atoms with Gasteiger partial charge in [-0.05, 0) is 79.8 Å². The molecule has 0 aliphatic rings. The smallest absolute Gasteiger partial charge is 0.282 e. The minimum absolute atomic E-state index is 0.197. The van der Waals surface area contributed by atoms with Gasteiger partial charge in [0.25, 0.3) is 5.56 Å². The van der Waals surface area contributed by atoms with Gasteiger partial charge in [0.05, 0.1) is 30.8 Å². The van der Waals surface area contributed by atoms with Gasteiger partial charge < -0.3 is 14.2 Å². The molecule has 0 aliphatic carbocycles. The average molecular weight is 655 g/mol. The molecule has 1 heterocycles. The van der Waals surface area contributed by atoms with Crippen molar-refractivity contribution in [2.24, 2.45) is 5.10 Å². The van der Waals surface area contributed by atoms with E-state index in [1.165, 1.54) is 10.2 Å². The topological polar surface area (TPSA) is 74.9 Å². The van der Waals surface area contributed by atoms with Crippen LogP contribution < -0.4 is 19.8 Å². The molecule has 0 spiro atoms. The number of methoxy groups -OCH3 is 1. The van der Waals surface area contributed by atoms with E-state index in [2.05, 4.69) is 35.8 Å². The maximum absolute atomic E-state index is 14.0. The van der Waals surface area contributed by atoms with Crippen molar-refractivity contribution in [1.29, 1.82) is 0 Å². The van der Waals surface area contributed by atoms with Crippen LogP contribution in [0.15, 0.2) is 87.2 Å². The van der Waals surface area contributed by atoms with Gasteiger partial charge in [0, 0.05) is 15.6 Å². The van der Waals surface area contributed by atoms with Gasteiger partial charge in [0.15, 0.2) is 17.3 Å². The van der Waals surface area contributed by atoms with E-state index < -0.39 is 0 Å². The summed E-state index contributed by atoms with van der Waals surface area (Å²) in [4.78, 5) is 18.9. The number of rotatable bonds is 10. The summed E-state index contributed by atoms with van der Waals surface area (Å²) in [5.41, 5.74) is 5.93. The number of ether oxygens (including phenoxy) is 3. The van der Waals surface area contributed by atoms with Crippen LogP contribution in [-0.4, -0.2) is 29.6 Å². The van der Waals surface area contributed by atoms with E-state index in [4.69, 9.17) is 24.3 Å². The molecule has 7 nitrogen and oxygen atoms in total. The number of hydrogen-bond donors (Lipinski definition) is 0. The van der Waals surface area contributed by atoms with Gasteiger partial charge in [-0.3, -0.25) is 4.79 Å². The van der Waals surface area contributed by atoms with Crippen molar-refractivity contribution in [1.82, 2.24) is 9.66 Å². The van der Waals surface area contributed by atoms with Crippen molar-refractivity contribution in [2.45, 2.75) is 47.1 Å². The SMILES string of the molecule is CCOc1cc(C)c(-c2nc3ccccc3c(=O)n2N=Cc2cc(Br)cc(OC)c2OCc2ccc(C)cc2)cc1C(C)C. The third kappa shape index (κ3) is 6.55. The van der Waals surface area contributed by atoms with E-state index in [0.717, 1.165) is 32.5 Å². The molecule has 0 aliphatic heterocycles. The molecule has 0 saturated heterocycles. The van der Waals surface area contributed by atoms with Crippen LogP contribution in [0.25, 0.3) is 22.3 Å². The Morgan fingerprint density at radius 2 is 1.73 bits per heavy atom. The first-order valence-corrected chi connectivity index (χ1v) is 15.4. The largest absolute Gasteiger partial charge is 0.494 e. The normalized spacial score (nSPS) is 11.5. The van der Waals surface area contributed by atoms with Crippen molar-refractivity contribution in [3.05, 3.63) is 115 Å². The fourth-order valence-corrected chi connectivity index (χ4v) is 5.48. The van der Waals surface area contributed by atoms with Gasteiger partial charge in [0.1, 0.15) is 12.4 Å². The molecule has 0 fully saturated rings. The third-order valence-electron chi connectivity index (χ3n) is 7.36. The predicted molar refractivity (Wildman–Crippen MR) is 181 cm³/mol. The minimum Gasteiger partial charge on any atom is -0.494 e. The second-order valence-corrected chi connectivity index (χ2v) is 11.8. The third-order valence-corrected chi connectivity index (χ3v) is 7.82. The van der Waals surface area contributed by atoms with Crippen LogP contribution in [0.3, 0.4) is 0 Å². The zero-order valence-corrected chi connectivity index (χ0v) is 27.4. The van der Waals surface area contributed by atoms with Crippen LogP contribution in [0, 0.1) is 13.8 Å². The lowest BCUT2D eigenvalue weighted by atomic mass is 9.96. The molecule has 0 saturated carbocycles. The lowest BCUT2D eigenvalue weighted by molar-refractivity contribution is 0.284. The first kappa shape index (κ1) is 31.0. The highest BCUT2D eigenvalue weighted by molar-refractivity contribution is 9.10. The number of hydrogen-bond acceptors (Lipinski definition) is 6. The van der Waals surface area contributed by atoms with Gasteiger partial charge in [0.2, 0.25) is 0 Å². The van der Waals surface area contributed by atoms with E-state index in [-0.39, 0.29) is 11.5 Å². The number of nitrogens with zero attached hydrogens (tertiary/aromatic N) is 3. The fourth-order valence-electron chi connectivity index (χ4n) is 5.03. The van der Waals surface area contributed by atoms with Crippen LogP contribution in [0.1, 0.15) is 54.5 Å². The van der Waals surface area contributed by atoms with Crippen LogP contribution in [0.4, 0.5) is 0 Å². The second kappa shape index (κ2) is 13.5. The van der Waals surface area contributed by atoms with E-state index >= 15 is 0 Å². The van der Waals surface area contributed by atoms with Crippen molar-refractivity contribution >= 4 is 33.0 Å². The van der Waals surface area contributed by atoms with Crippen LogP contribution in [0.5, 0.6) is 17.2 Å². The van der Waals surface area contributed by atoms with Crippen molar-refractivity contribution in [3.63, 3.8) is 0 Å². The standard InChI is InChI=1S/C36H36BrN3O4/c1-7-43-32-16-24(5)30(19-29(32)22(2)3)35-39-31-11-9-8-10-28(31)36(41)40(35)38-20-26-17-27(37)18-33(42-6)34(26)44-21-25-14-12-23(4)13-15-25/h8-20,22H,7,21H2,1-6H3. The highest BCUT2D eigenvalue weighted by Gasteiger charge is 2.19. The molecule has 0 radical (unpaired) electrons. The van der Waals surface area contributed by atoms with Gasteiger partial charge >= 0.3 is 0 Å². The Morgan fingerprint density at radius 3 is 2.43 bits per heavy atom. The number of halogens is 1. The monoisotopic (exact) mass is 653 g/mol. The van der Waals surface area contributed by atoms with Gasteiger partial charge in [-0.25, -0.2) is 4.98 Å². The Morgan fingerprint density at radius 1 is 0.977 bits per heavy atom. The van der Waals surface area contributed by atoms with E-state index in [0.29, 0.717) is 47.0 Å². The van der Waals surface area contributed by atoms with Gasteiger partial charge in [-0.2, -0.15) is 9.78 Å². The summed E-state index contributed by atoms with van der Waals surface area (Å²) in [5, 5.41) is 5.23. The van der Waals surface area contributed by atoms with Crippen LogP contribution in [-0.2, 0) is 6.61 Å². The number of aryl methyl sites for hydroxylation is 2. The summed E-state index contributed by atoms with van der Waals surface area (Å²) >= 11 is 3.58. The quantitative estimate of drug-likeness (QED) is 0.141. The van der Waals surface area contributed by atoms with E-state index in [1.807, 2.05) is 81.4 Å². The summed E-state index contributed by atoms with van der Waals surface area (Å²) in [7, 11) is 1.60. The molecule has 44 heavy (non-hydrogen) atoms. The zero-order chi connectivity index (χ0) is 31.4. The van der Waals surface area contributed by atoms with E-state index in [1.54, 1.807) is 19.4 Å². The van der Waals surface area contributed by atoms with Crippen LogP contribution >= 0.6 is 15.9 Å². The molecule has 226 valence electrons. The Labute approximate surface area is 266 Å². The fraction of sp³-hybridized carbons (Fsp3) is 0.250. The molecular formula is C36H36BrN3O4. The maximum atomic E-state index is 14.0. The van der Waals surface area contributed by atoms with Crippen molar-refractivity contribution in [2.75, 3.05) is 13.7 Å². The molecule has 0 amide bonds. The minimum atomic E-state index is -0.273. The molecule has 0 bridgehead atoms. The highest BCUT2D eigenvalue weighted by Crippen LogP contribution is 2.36. The predicted octanol–water partition coefficient (Wildman–Crippen LogP) is 8.43. The average Bonchev–Trinajstić information content (AvgIpc) is 3.00. The Kier molecular flexibility index (Phi) is 9.49. The lowest BCUT2D eigenvalue weighted by Gasteiger charge is -2.18.